The Balaban J connectivity index is 1.53. The number of nitrogens with one attached hydrogen (secondary N) is 2. The summed E-state index contributed by atoms with van der Waals surface area (Å²) in [4.78, 5) is 27.1. The lowest BCUT2D eigenvalue weighted by molar-refractivity contribution is -0.0609. The minimum absolute atomic E-state index is 0.0911. The van der Waals surface area contributed by atoms with Gasteiger partial charge in [-0.1, -0.05) is 0 Å². The van der Waals surface area contributed by atoms with Gasteiger partial charge >= 0.3 is 5.69 Å². The summed E-state index contributed by atoms with van der Waals surface area (Å²) in [5.41, 5.74) is 3.75. The minimum atomic E-state index is -0.412. The topological polar surface area (TPSA) is 109 Å². The first-order chi connectivity index (χ1) is 13.2. The molecule has 27 heavy (non-hydrogen) atoms. The van der Waals surface area contributed by atoms with Crippen LogP contribution in [0.4, 0.5) is 0 Å². The van der Waals surface area contributed by atoms with Crippen molar-refractivity contribution in [3.05, 3.63) is 47.3 Å². The third kappa shape index (κ3) is 2.92. The Morgan fingerprint density at radius 3 is 2.81 bits per heavy atom. The van der Waals surface area contributed by atoms with Crippen LogP contribution in [0.25, 0.3) is 33.3 Å². The maximum atomic E-state index is 12.4. The van der Waals surface area contributed by atoms with Gasteiger partial charge in [0.15, 0.2) is 5.65 Å². The number of hydrogen-bond acceptors (Lipinski definition) is 5. The number of hydrogen-bond donors (Lipinski definition) is 3. The van der Waals surface area contributed by atoms with Crippen molar-refractivity contribution in [1.29, 1.82) is 0 Å². The number of aliphatic hydroxyl groups excluding tert-OH is 1. The smallest absolute Gasteiger partial charge is 0.327 e. The number of pyridine rings is 2. The highest BCUT2D eigenvalue weighted by atomic mass is 16.5. The Bertz CT molecular complexity index is 1170. The molecule has 1 saturated heterocycles. The van der Waals surface area contributed by atoms with Gasteiger partial charge in [-0.05, 0) is 31.0 Å². The number of aliphatic hydroxyl groups is 1. The van der Waals surface area contributed by atoms with Crippen molar-refractivity contribution in [1.82, 2.24) is 24.5 Å². The molecule has 0 radical (unpaired) electrons. The summed E-state index contributed by atoms with van der Waals surface area (Å²) in [5, 5.41) is 10.6. The van der Waals surface area contributed by atoms with Gasteiger partial charge in [-0.2, -0.15) is 0 Å². The second-order valence-corrected chi connectivity index (χ2v) is 6.96. The Labute approximate surface area is 153 Å². The molecule has 2 atom stereocenters. The number of rotatable bonds is 3. The zero-order chi connectivity index (χ0) is 18.4. The number of aromatic nitrogens is 5. The van der Waals surface area contributed by atoms with Gasteiger partial charge in [0, 0.05) is 35.1 Å². The zero-order valence-corrected chi connectivity index (χ0v) is 14.6. The zero-order valence-electron chi connectivity index (χ0n) is 14.6. The molecule has 1 aliphatic rings. The van der Waals surface area contributed by atoms with E-state index in [-0.39, 0.29) is 11.8 Å². The Kier molecular flexibility index (Phi) is 3.80. The van der Waals surface area contributed by atoms with Gasteiger partial charge in [0.2, 0.25) is 0 Å². The molecule has 0 amide bonds. The van der Waals surface area contributed by atoms with Crippen molar-refractivity contribution in [2.24, 2.45) is 0 Å². The highest BCUT2D eigenvalue weighted by Crippen LogP contribution is 2.24. The van der Waals surface area contributed by atoms with E-state index in [1.54, 1.807) is 17.0 Å². The second kappa shape index (κ2) is 6.33. The molecule has 3 N–H and O–H groups in total. The van der Waals surface area contributed by atoms with E-state index in [1.165, 1.54) is 0 Å². The van der Waals surface area contributed by atoms with Gasteiger partial charge < -0.3 is 14.8 Å². The number of fused-ring (bicyclic) bond motifs is 2. The van der Waals surface area contributed by atoms with Gasteiger partial charge in [0.05, 0.1) is 30.9 Å². The fourth-order valence-electron chi connectivity index (χ4n) is 3.61. The third-order valence-electron chi connectivity index (χ3n) is 5.09. The Morgan fingerprint density at radius 2 is 2.00 bits per heavy atom. The number of imidazole rings is 1. The molecule has 5 rings (SSSR count). The molecule has 1 fully saturated rings. The monoisotopic (exact) mass is 365 g/mol. The number of aromatic amines is 2. The van der Waals surface area contributed by atoms with Crippen LogP contribution in [0.2, 0.25) is 0 Å². The van der Waals surface area contributed by atoms with Crippen LogP contribution in [0.1, 0.15) is 12.8 Å². The SMILES string of the molecule is O=c1[nH]c2ncc(-c3cnc4[nH]ccc4c3)cc2n1CC1CCC(O)CO1. The van der Waals surface area contributed by atoms with E-state index in [1.807, 2.05) is 24.4 Å². The van der Waals surface area contributed by atoms with Crippen LogP contribution in [0, 0.1) is 0 Å². The predicted octanol–water partition coefficient (Wildman–Crippen LogP) is 1.81. The lowest BCUT2D eigenvalue weighted by atomic mass is 10.1. The standard InChI is InChI=1S/C19H19N5O3/c25-14-1-2-15(27-10-14)9-24-16-6-13(8-22-18(16)23-19(24)26)12-5-11-3-4-20-17(11)21-7-12/h3-8,14-15,25H,1-2,9-10H2,(H,20,21)(H,22,23,26). The molecule has 5 heterocycles. The maximum absolute atomic E-state index is 12.4. The molecule has 4 aromatic heterocycles. The average molecular weight is 365 g/mol. The molecule has 8 nitrogen and oxygen atoms in total. The van der Waals surface area contributed by atoms with Gasteiger partial charge in [-0.25, -0.2) is 14.8 Å². The van der Waals surface area contributed by atoms with Crippen LogP contribution in [-0.2, 0) is 11.3 Å². The van der Waals surface area contributed by atoms with Crippen LogP contribution in [0.5, 0.6) is 0 Å². The molecule has 138 valence electrons. The van der Waals surface area contributed by atoms with Crippen LogP contribution < -0.4 is 5.69 Å². The lowest BCUT2D eigenvalue weighted by Gasteiger charge is -2.26. The van der Waals surface area contributed by atoms with E-state index in [0.29, 0.717) is 25.2 Å². The fourth-order valence-corrected chi connectivity index (χ4v) is 3.61. The molecule has 0 saturated carbocycles. The van der Waals surface area contributed by atoms with Crippen LogP contribution in [-0.4, -0.2) is 48.4 Å². The van der Waals surface area contributed by atoms with Crippen molar-refractivity contribution in [2.75, 3.05) is 6.61 Å². The molecule has 0 aliphatic carbocycles. The van der Waals surface area contributed by atoms with Gasteiger partial charge in [-0.15, -0.1) is 0 Å². The van der Waals surface area contributed by atoms with E-state index in [9.17, 15) is 9.90 Å². The molecular weight excluding hydrogens is 346 g/mol. The molecule has 0 bridgehead atoms. The first-order valence-corrected chi connectivity index (χ1v) is 8.99. The molecule has 0 aromatic carbocycles. The van der Waals surface area contributed by atoms with Crippen molar-refractivity contribution >= 4 is 22.2 Å². The van der Waals surface area contributed by atoms with Crippen molar-refractivity contribution in [2.45, 2.75) is 31.6 Å². The van der Waals surface area contributed by atoms with E-state index >= 15 is 0 Å². The van der Waals surface area contributed by atoms with E-state index in [4.69, 9.17) is 4.74 Å². The minimum Gasteiger partial charge on any atom is -0.391 e. The lowest BCUT2D eigenvalue weighted by Crippen LogP contribution is -2.34. The van der Waals surface area contributed by atoms with Gasteiger partial charge in [-0.3, -0.25) is 9.55 Å². The average Bonchev–Trinajstić information content (AvgIpc) is 3.27. The van der Waals surface area contributed by atoms with E-state index < -0.39 is 6.10 Å². The van der Waals surface area contributed by atoms with Crippen LogP contribution >= 0.6 is 0 Å². The highest BCUT2D eigenvalue weighted by Gasteiger charge is 2.22. The summed E-state index contributed by atoms with van der Waals surface area (Å²) in [6.45, 7) is 0.749. The first-order valence-electron chi connectivity index (χ1n) is 8.99. The van der Waals surface area contributed by atoms with E-state index in [2.05, 4.69) is 19.9 Å². The van der Waals surface area contributed by atoms with Crippen LogP contribution in [0.15, 0.2) is 41.6 Å². The van der Waals surface area contributed by atoms with E-state index in [0.717, 1.165) is 34.1 Å². The summed E-state index contributed by atoms with van der Waals surface area (Å²) < 4.78 is 7.33. The molecule has 4 aromatic rings. The van der Waals surface area contributed by atoms with Gasteiger partial charge in [0.1, 0.15) is 5.65 Å². The summed E-state index contributed by atoms with van der Waals surface area (Å²) in [6, 6.07) is 5.97. The highest BCUT2D eigenvalue weighted by molar-refractivity contribution is 5.84. The van der Waals surface area contributed by atoms with Crippen molar-refractivity contribution in [3.8, 4) is 11.1 Å². The predicted molar refractivity (Wildman–Crippen MR) is 100 cm³/mol. The quantitative estimate of drug-likeness (QED) is 0.513. The largest absolute Gasteiger partial charge is 0.391 e. The molecular formula is C19H19N5O3. The molecule has 8 heteroatoms. The molecule has 2 unspecified atom stereocenters. The first kappa shape index (κ1) is 16.2. The maximum Gasteiger partial charge on any atom is 0.327 e. The van der Waals surface area contributed by atoms with Gasteiger partial charge in [0.25, 0.3) is 0 Å². The summed E-state index contributed by atoms with van der Waals surface area (Å²) >= 11 is 0. The normalized spacial score (nSPS) is 20.5. The molecule has 1 aliphatic heterocycles. The van der Waals surface area contributed by atoms with Crippen LogP contribution in [0.3, 0.4) is 0 Å². The summed E-state index contributed by atoms with van der Waals surface area (Å²) in [7, 11) is 0. The van der Waals surface area contributed by atoms with Crippen molar-refractivity contribution < 1.29 is 9.84 Å². The fraction of sp³-hybridized carbons (Fsp3) is 0.316. The third-order valence-corrected chi connectivity index (χ3v) is 5.09. The number of ether oxygens (including phenoxy) is 1. The Hall–Kier alpha value is -2.97. The van der Waals surface area contributed by atoms with Crippen molar-refractivity contribution in [3.63, 3.8) is 0 Å². The number of H-pyrrole nitrogens is 2. The Morgan fingerprint density at radius 1 is 1.19 bits per heavy atom. The summed E-state index contributed by atoms with van der Waals surface area (Å²) in [6.07, 6.45) is 6.30. The number of nitrogens with zero attached hydrogens (tertiary/aromatic N) is 3. The summed E-state index contributed by atoms with van der Waals surface area (Å²) in [5.74, 6) is 0. The molecule has 0 spiro atoms. The second-order valence-electron chi connectivity index (χ2n) is 6.96.